The molecule has 4 aliphatic heterocycles. The molecule has 1 unspecified atom stereocenters. The quantitative estimate of drug-likeness (QED) is 0.138. The van der Waals surface area contributed by atoms with Crippen LogP contribution in [0.25, 0.3) is 10.9 Å². The van der Waals surface area contributed by atoms with Gasteiger partial charge in [0.25, 0.3) is 5.91 Å². The van der Waals surface area contributed by atoms with Crippen molar-refractivity contribution in [2.24, 2.45) is 5.92 Å². The fraction of sp³-hybridized carbons (Fsp3) is 0.415. The van der Waals surface area contributed by atoms with E-state index in [0.717, 1.165) is 43.6 Å². The zero-order chi connectivity index (χ0) is 37.0. The van der Waals surface area contributed by atoms with Gasteiger partial charge in [-0.05, 0) is 85.6 Å². The Morgan fingerprint density at radius 1 is 0.925 bits per heavy atom. The van der Waals surface area contributed by atoms with Crippen LogP contribution in [0.15, 0.2) is 83.7 Å². The number of nitrogens with one attached hydrogen (secondary N) is 3. The molecule has 5 N–H and O–H groups in total. The first-order valence-corrected chi connectivity index (χ1v) is 18.6. The molecule has 0 aliphatic carbocycles. The highest BCUT2D eigenvalue weighted by molar-refractivity contribution is 5.94. The van der Waals surface area contributed by atoms with E-state index in [2.05, 4.69) is 20.5 Å². The van der Waals surface area contributed by atoms with Gasteiger partial charge in [0.05, 0.1) is 17.0 Å². The number of hydrogen-bond donors (Lipinski definition) is 5. The van der Waals surface area contributed by atoms with E-state index in [0.29, 0.717) is 54.9 Å². The van der Waals surface area contributed by atoms with Crippen molar-refractivity contribution in [2.75, 3.05) is 45.8 Å². The first-order valence-electron chi connectivity index (χ1n) is 18.6. The van der Waals surface area contributed by atoms with Crippen LogP contribution in [0.4, 0.5) is 0 Å². The smallest absolute Gasteiger partial charge is 0.317 e. The number of amides is 2. The molecule has 12 nitrogen and oxygen atoms in total. The molecule has 4 aromatic rings. The summed E-state index contributed by atoms with van der Waals surface area (Å²) >= 11 is 0. The number of likely N-dealkylation sites (tertiary alicyclic amines) is 1. The van der Waals surface area contributed by atoms with E-state index in [1.165, 1.54) is 12.1 Å². The number of carbonyl (C=O) groups is 3. The second kappa shape index (κ2) is 15.9. The summed E-state index contributed by atoms with van der Waals surface area (Å²) in [4.78, 5) is 58.5. The highest BCUT2D eigenvalue weighted by Gasteiger charge is 2.47. The third kappa shape index (κ3) is 8.00. The van der Waals surface area contributed by atoms with E-state index in [-0.39, 0.29) is 60.2 Å². The summed E-state index contributed by atoms with van der Waals surface area (Å²) in [5.41, 5.74) is 2.05. The Kier molecular flexibility index (Phi) is 10.9. The predicted octanol–water partition coefficient (Wildman–Crippen LogP) is 3.37. The number of aromatic amines is 1. The number of rotatable bonds is 12. The monoisotopic (exact) mass is 721 g/mol. The Bertz CT molecular complexity index is 1980. The van der Waals surface area contributed by atoms with E-state index in [4.69, 9.17) is 4.74 Å². The van der Waals surface area contributed by atoms with Crippen LogP contribution in [0.2, 0.25) is 0 Å². The van der Waals surface area contributed by atoms with Crippen molar-refractivity contribution >= 4 is 28.7 Å². The first-order chi connectivity index (χ1) is 25.7. The molecule has 278 valence electrons. The number of aliphatic hydroxyl groups excluding tert-OH is 1. The van der Waals surface area contributed by atoms with Crippen molar-refractivity contribution in [1.82, 2.24) is 25.4 Å². The summed E-state index contributed by atoms with van der Waals surface area (Å²) in [7, 11) is 0. The lowest BCUT2D eigenvalue weighted by molar-refractivity contribution is -0.168. The minimum absolute atomic E-state index is 0.0603. The first kappa shape index (κ1) is 36.3. The van der Waals surface area contributed by atoms with Gasteiger partial charge in [-0.25, -0.2) is 0 Å². The Morgan fingerprint density at radius 3 is 2.36 bits per heavy atom. The zero-order valence-corrected chi connectivity index (χ0v) is 29.8. The number of fused-ring (bicyclic) bond motifs is 4. The topological polar surface area (TPSA) is 164 Å². The molecule has 12 heteroatoms. The number of phenols is 1. The van der Waals surface area contributed by atoms with Crippen molar-refractivity contribution in [3.05, 3.63) is 111 Å². The molecule has 53 heavy (non-hydrogen) atoms. The number of piperidine rings is 4. The molecule has 2 amide bonds. The van der Waals surface area contributed by atoms with Crippen molar-refractivity contribution in [3.63, 3.8) is 0 Å². The minimum Gasteiger partial charge on any atom is -0.506 e. The molecule has 3 aromatic carbocycles. The molecular weight excluding hydrogens is 674 g/mol. The normalized spacial score (nSPS) is 21.2. The van der Waals surface area contributed by atoms with Gasteiger partial charge >= 0.3 is 5.97 Å². The summed E-state index contributed by atoms with van der Waals surface area (Å²) in [5.74, 6) is -0.158. The number of pyridine rings is 1. The maximum atomic E-state index is 13.9. The number of aliphatic hydroxyl groups is 1. The maximum absolute atomic E-state index is 13.9. The Balaban J connectivity index is 0.863. The van der Waals surface area contributed by atoms with Gasteiger partial charge in [-0.15, -0.1) is 0 Å². The number of hydrogen-bond acceptors (Lipinski definition) is 9. The highest BCUT2D eigenvalue weighted by Crippen LogP contribution is 2.39. The lowest BCUT2D eigenvalue weighted by Crippen LogP contribution is -2.55. The van der Waals surface area contributed by atoms with Crippen LogP contribution in [0.1, 0.15) is 65.3 Å². The number of esters is 1. The molecule has 5 heterocycles. The standard InChI is InChI=1S/C41H47N5O7/c47-33-12-10-31(32-11-13-36(49)44-38(32)33)34(48)25-42-24-27-6-8-29(9-7-27)39(51)43-19-14-37(50)46-22-17-41(18-23-46,30-4-2-1-3-5-30)40(52)53-35-26-45-20-15-28(35)16-21-45/h1-13,28,34-35,42,47-48H,14-26H2,(H,43,51)(H,44,49)/t34?,35-/m0/s1. The molecule has 4 aliphatic rings. The molecule has 4 fully saturated rings. The molecule has 2 atom stereocenters. The maximum Gasteiger partial charge on any atom is 0.317 e. The van der Waals surface area contributed by atoms with E-state index in [1.807, 2.05) is 42.5 Å². The van der Waals surface area contributed by atoms with Crippen LogP contribution in [0.3, 0.4) is 0 Å². The Morgan fingerprint density at radius 2 is 1.66 bits per heavy atom. The SMILES string of the molecule is O=C(NCCC(=O)N1CCC(C(=O)O[C@H]2CN3CCC2CC3)(c2ccccc2)CC1)c1ccc(CNCC(O)c2ccc(O)c3[nH]c(=O)ccc23)cc1. The van der Waals surface area contributed by atoms with Gasteiger partial charge in [-0.3, -0.25) is 24.1 Å². The average Bonchev–Trinajstić information content (AvgIpc) is 3.19. The van der Waals surface area contributed by atoms with Crippen LogP contribution in [-0.2, 0) is 26.3 Å². The number of phenolic OH excluding ortho intramolecular Hbond substituents is 1. The molecule has 8 rings (SSSR count). The summed E-state index contributed by atoms with van der Waals surface area (Å²) in [6.45, 7) is 4.70. The molecule has 0 spiro atoms. The number of aromatic nitrogens is 1. The van der Waals surface area contributed by atoms with E-state index >= 15 is 0 Å². The van der Waals surface area contributed by atoms with Gasteiger partial charge in [0.2, 0.25) is 11.5 Å². The van der Waals surface area contributed by atoms with Gasteiger partial charge in [0.15, 0.2) is 0 Å². The van der Waals surface area contributed by atoms with E-state index in [1.54, 1.807) is 29.2 Å². The largest absolute Gasteiger partial charge is 0.506 e. The van der Waals surface area contributed by atoms with E-state index in [9.17, 15) is 29.4 Å². The lowest BCUT2D eigenvalue weighted by atomic mass is 9.72. The summed E-state index contributed by atoms with van der Waals surface area (Å²) in [6.07, 6.45) is 2.32. The lowest BCUT2D eigenvalue weighted by Gasteiger charge is -2.46. The molecule has 4 saturated heterocycles. The van der Waals surface area contributed by atoms with Crippen LogP contribution >= 0.6 is 0 Å². The fourth-order valence-electron chi connectivity index (χ4n) is 8.13. The number of aromatic hydroxyl groups is 1. The van der Waals surface area contributed by atoms with Gasteiger partial charge < -0.3 is 35.5 Å². The molecular formula is C41H47N5O7. The second-order valence-electron chi connectivity index (χ2n) is 14.5. The number of H-pyrrole nitrogens is 1. The molecule has 1 aromatic heterocycles. The van der Waals surface area contributed by atoms with Crippen molar-refractivity contribution in [3.8, 4) is 5.75 Å². The van der Waals surface area contributed by atoms with Gasteiger partial charge in [0, 0.05) is 62.7 Å². The van der Waals surface area contributed by atoms with Crippen molar-refractivity contribution < 1.29 is 29.3 Å². The Labute approximate surface area is 308 Å². The van der Waals surface area contributed by atoms with Crippen LogP contribution in [-0.4, -0.2) is 94.7 Å². The highest BCUT2D eigenvalue weighted by atomic mass is 16.5. The van der Waals surface area contributed by atoms with Crippen molar-refractivity contribution in [1.29, 1.82) is 0 Å². The summed E-state index contributed by atoms with van der Waals surface area (Å²) in [5, 5.41) is 27.5. The fourth-order valence-corrected chi connectivity index (χ4v) is 8.13. The Hall–Kier alpha value is -5.04. The average molecular weight is 722 g/mol. The predicted molar refractivity (Wildman–Crippen MR) is 199 cm³/mol. The summed E-state index contributed by atoms with van der Waals surface area (Å²) < 4.78 is 6.26. The molecule has 0 radical (unpaired) electrons. The third-order valence-corrected chi connectivity index (χ3v) is 11.3. The van der Waals surface area contributed by atoms with Gasteiger partial charge in [-0.1, -0.05) is 48.5 Å². The van der Waals surface area contributed by atoms with Crippen LogP contribution in [0.5, 0.6) is 5.75 Å². The van der Waals surface area contributed by atoms with E-state index < -0.39 is 11.5 Å². The summed E-state index contributed by atoms with van der Waals surface area (Å²) in [6, 6.07) is 22.9. The van der Waals surface area contributed by atoms with Crippen LogP contribution in [0, 0.1) is 5.92 Å². The van der Waals surface area contributed by atoms with Crippen molar-refractivity contribution in [2.45, 2.75) is 56.3 Å². The van der Waals surface area contributed by atoms with Gasteiger partial charge in [-0.2, -0.15) is 0 Å². The molecule has 0 saturated carbocycles. The zero-order valence-electron chi connectivity index (χ0n) is 29.8. The number of carbonyl (C=O) groups excluding carboxylic acids is 3. The minimum atomic E-state index is -0.885. The second-order valence-corrected chi connectivity index (χ2v) is 14.5. The third-order valence-electron chi connectivity index (χ3n) is 11.3. The van der Waals surface area contributed by atoms with Gasteiger partial charge in [0.1, 0.15) is 11.9 Å². The molecule has 2 bridgehead atoms. The van der Waals surface area contributed by atoms with Crippen LogP contribution < -0.4 is 16.2 Å². The number of ether oxygens (including phenoxy) is 1. The number of nitrogens with zero attached hydrogens (tertiary/aromatic N) is 2. The number of benzene rings is 3.